The van der Waals surface area contributed by atoms with Gasteiger partial charge in [-0.15, -0.1) is 0 Å². The predicted octanol–water partition coefficient (Wildman–Crippen LogP) is 8.26. The summed E-state index contributed by atoms with van der Waals surface area (Å²) in [6, 6.07) is 6.95. The van der Waals surface area contributed by atoms with Crippen LogP contribution >= 0.6 is 0 Å². The molecule has 41 heavy (non-hydrogen) atoms. The van der Waals surface area contributed by atoms with Crippen molar-refractivity contribution in [2.75, 3.05) is 6.61 Å². The van der Waals surface area contributed by atoms with Crippen LogP contribution in [0.25, 0.3) is 0 Å². The summed E-state index contributed by atoms with van der Waals surface area (Å²) >= 11 is -1.87. The monoisotopic (exact) mass is 592 g/mol. The van der Waals surface area contributed by atoms with Gasteiger partial charge < -0.3 is 24.2 Å². The normalized spacial score (nSPS) is 18.8. The van der Waals surface area contributed by atoms with E-state index in [4.69, 9.17) is 9.47 Å². The topological polar surface area (TPSA) is 99.1 Å². The maximum absolute atomic E-state index is 13.1. The first-order chi connectivity index (χ1) is 19.9. The number of ether oxygens (including phenoxy) is 2. The largest absolute Gasteiger partial charge is 0.611 e. The summed E-state index contributed by atoms with van der Waals surface area (Å²) in [6.07, 6.45) is 22.4. The molecule has 6 nitrogen and oxygen atoms in total. The van der Waals surface area contributed by atoms with Gasteiger partial charge in [0.25, 0.3) is 0 Å². The Morgan fingerprint density at radius 1 is 1.00 bits per heavy atom. The minimum absolute atomic E-state index is 0.123. The summed E-state index contributed by atoms with van der Waals surface area (Å²) in [4.78, 5) is 12.5. The van der Waals surface area contributed by atoms with Crippen molar-refractivity contribution in [3.05, 3.63) is 42.0 Å². The highest BCUT2D eigenvalue weighted by Gasteiger charge is 2.40. The van der Waals surface area contributed by atoms with E-state index in [0.717, 1.165) is 56.9 Å². The molecule has 1 aromatic carbocycles. The van der Waals surface area contributed by atoms with Gasteiger partial charge in [-0.1, -0.05) is 94.6 Å². The third-order valence-electron chi connectivity index (χ3n) is 7.85. The first kappa shape index (κ1) is 35.8. The number of hydrogen-bond donors (Lipinski definition) is 2. The lowest BCUT2D eigenvalue weighted by Crippen LogP contribution is -2.43. The lowest BCUT2D eigenvalue weighted by molar-refractivity contribution is -0.194. The van der Waals surface area contributed by atoms with Gasteiger partial charge in [0.1, 0.15) is 6.10 Å². The second-order valence-electron chi connectivity index (χ2n) is 11.6. The van der Waals surface area contributed by atoms with Crippen LogP contribution in [0.5, 0.6) is 0 Å². The third kappa shape index (κ3) is 15.6. The Morgan fingerprint density at radius 2 is 1.61 bits per heavy atom. The average molecular weight is 593 g/mol. The summed E-state index contributed by atoms with van der Waals surface area (Å²) in [5.41, 5.74) is 0.999. The van der Waals surface area contributed by atoms with Crippen molar-refractivity contribution < 1.29 is 29.0 Å². The van der Waals surface area contributed by atoms with Crippen molar-refractivity contribution in [3.8, 4) is 0 Å². The molecule has 2 rings (SSSR count). The molecule has 0 radical (unpaired) electrons. The molecule has 3 unspecified atom stereocenters. The van der Waals surface area contributed by atoms with E-state index in [9.17, 15) is 19.6 Å². The SMILES string of the molecule is CCCCCCCC/C=C\CCCCCCC[C@H](C[C@H](O)C(C(=O)O)[S+]([O-])c1ccc(C)cc1)OC1CCCCO1. The predicted molar refractivity (Wildman–Crippen MR) is 168 cm³/mol. The molecule has 1 heterocycles. The highest BCUT2D eigenvalue weighted by atomic mass is 32.2. The van der Waals surface area contributed by atoms with Crippen LogP contribution in [0.1, 0.15) is 128 Å². The smallest absolute Gasteiger partial charge is 0.360 e. The molecular weight excluding hydrogens is 536 g/mol. The number of aliphatic hydroxyl groups excluding tert-OH is 1. The zero-order valence-corrected chi connectivity index (χ0v) is 26.5. The second-order valence-corrected chi connectivity index (χ2v) is 13.2. The van der Waals surface area contributed by atoms with Crippen molar-refractivity contribution in [2.24, 2.45) is 0 Å². The molecule has 1 aliphatic rings. The molecule has 2 N–H and O–H groups in total. The summed E-state index contributed by atoms with van der Waals surface area (Å²) in [7, 11) is 0. The fourth-order valence-electron chi connectivity index (χ4n) is 5.33. The third-order valence-corrected chi connectivity index (χ3v) is 9.57. The van der Waals surface area contributed by atoms with Crippen LogP contribution in [0, 0.1) is 6.92 Å². The molecule has 0 aromatic heterocycles. The van der Waals surface area contributed by atoms with E-state index in [2.05, 4.69) is 19.1 Å². The minimum Gasteiger partial charge on any atom is -0.611 e. The van der Waals surface area contributed by atoms with E-state index in [-0.39, 0.29) is 18.8 Å². The van der Waals surface area contributed by atoms with E-state index in [0.29, 0.717) is 11.5 Å². The number of aryl methyl sites for hydroxylation is 1. The Kier molecular flexibility index (Phi) is 19.4. The van der Waals surface area contributed by atoms with E-state index in [1.54, 1.807) is 24.3 Å². The molecule has 5 atom stereocenters. The number of aliphatic carboxylic acids is 1. The second kappa shape index (κ2) is 22.2. The number of carboxylic acids is 1. The Hall–Kier alpha value is -1.38. The Labute approximate surface area is 252 Å². The van der Waals surface area contributed by atoms with Crippen LogP contribution in [0.15, 0.2) is 41.3 Å². The van der Waals surface area contributed by atoms with E-state index >= 15 is 0 Å². The van der Waals surface area contributed by atoms with Crippen molar-refractivity contribution in [1.82, 2.24) is 0 Å². The summed E-state index contributed by atoms with van der Waals surface area (Å²) in [5.74, 6) is -1.26. The number of carbonyl (C=O) groups is 1. The van der Waals surface area contributed by atoms with Crippen molar-refractivity contribution in [3.63, 3.8) is 0 Å². The lowest BCUT2D eigenvalue weighted by atomic mass is 10.0. The molecule has 0 aliphatic carbocycles. The van der Waals surface area contributed by atoms with Crippen LogP contribution in [-0.2, 0) is 25.4 Å². The Balaban J connectivity index is 1.75. The van der Waals surface area contributed by atoms with Crippen LogP contribution in [0.3, 0.4) is 0 Å². The Morgan fingerprint density at radius 3 is 2.20 bits per heavy atom. The van der Waals surface area contributed by atoms with E-state index < -0.39 is 28.5 Å². The van der Waals surface area contributed by atoms with Gasteiger partial charge in [0.05, 0.1) is 6.10 Å². The Bertz CT molecular complexity index is 823. The van der Waals surface area contributed by atoms with Gasteiger partial charge in [-0.2, -0.15) is 0 Å². The van der Waals surface area contributed by atoms with Crippen molar-refractivity contribution in [2.45, 2.75) is 158 Å². The molecule has 0 bridgehead atoms. The van der Waals surface area contributed by atoms with E-state index in [1.807, 2.05) is 6.92 Å². The van der Waals surface area contributed by atoms with Crippen LogP contribution in [0.2, 0.25) is 0 Å². The van der Waals surface area contributed by atoms with E-state index in [1.165, 1.54) is 57.8 Å². The van der Waals surface area contributed by atoms with Crippen LogP contribution in [0.4, 0.5) is 0 Å². The van der Waals surface area contributed by atoms with Crippen LogP contribution < -0.4 is 0 Å². The van der Waals surface area contributed by atoms with Gasteiger partial charge in [0.2, 0.25) is 5.25 Å². The zero-order valence-electron chi connectivity index (χ0n) is 25.6. The maximum atomic E-state index is 13.1. The minimum atomic E-state index is -1.87. The molecular formula is C34H56O6S. The highest BCUT2D eigenvalue weighted by Crippen LogP contribution is 2.26. The first-order valence-electron chi connectivity index (χ1n) is 16.2. The number of benzene rings is 1. The molecule has 0 amide bonds. The van der Waals surface area contributed by atoms with Gasteiger partial charge in [-0.3, -0.25) is 0 Å². The molecule has 1 saturated heterocycles. The van der Waals surface area contributed by atoms with Crippen LogP contribution in [-0.4, -0.2) is 51.1 Å². The standard InChI is InChI=1S/C34H56O6S/c1-3-4-5-6-7-8-9-10-11-12-13-14-15-16-17-20-29(40-32-21-18-19-26-39-32)27-31(35)33(34(36)37)41(38)30-24-22-28(2)23-25-30/h10-11,22-25,29,31-33,35H,3-9,12-21,26-27H2,1-2H3,(H,36,37)/b11-10-/t29-,31+,32?,33?,41?/m1/s1. The number of aliphatic hydroxyl groups is 1. The number of hydrogen-bond acceptors (Lipinski definition) is 5. The molecule has 1 fully saturated rings. The van der Waals surface area contributed by atoms with Gasteiger partial charge >= 0.3 is 5.97 Å². The van der Waals surface area contributed by atoms with Gasteiger partial charge in [-0.25, -0.2) is 4.79 Å². The fraction of sp³-hybridized carbons (Fsp3) is 0.735. The highest BCUT2D eigenvalue weighted by molar-refractivity contribution is 7.92. The molecule has 1 aliphatic heterocycles. The first-order valence-corrected chi connectivity index (χ1v) is 17.4. The molecule has 1 aromatic rings. The number of carboxylic acid groups (broad SMARTS) is 1. The number of rotatable bonds is 23. The molecule has 234 valence electrons. The number of unbranched alkanes of at least 4 members (excludes halogenated alkanes) is 11. The molecule has 0 spiro atoms. The number of allylic oxidation sites excluding steroid dienone is 2. The average Bonchev–Trinajstić information content (AvgIpc) is 2.95. The zero-order chi connectivity index (χ0) is 29.7. The molecule has 7 heteroatoms. The maximum Gasteiger partial charge on any atom is 0.360 e. The summed E-state index contributed by atoms with van der Waals surface area (Å²) in [5, 5.41) is 19.4. The van der Waals surface area contributed by atoms with Crippen molar-refractivity contribution in [1.29, 1.82) is 0 Å². The molecule has 0 saturated carbocycles. The fourth-order valence-corrected chi connectivity index (χ4v) is 6.61. The van der Waals surface area contributed by atoms with Gasteiger partial charge in [-0.05, 0) is 70.4 Å². The quantitative estimate of drug-likeness (QED) is 0.0754. The lowest BCUT2D eigenvalue weighted by Gasteiger charge is -2.30. The summed E-state index contributed by atoms with van der Waals surface area (Å²) in [6.45, 7) is 4.83. The van der Waals surface area contributed by atoms with Gasteiger partial charge in [0.15, 0.2) is 11.2 Å². The summed E-state index contributed by atoms with van der Waals surface area (Å²) < 4.78 is 25.1. The van der Waals surface area contributed by atoms with Gasteiger partial charge in [0, 0.05) is 24.2 Å². The van der Waals surface area contributed by atoms with Crippen molar-refractivity contribution >= 4 is 17.1 Å².